The smallest absolute Gasteiger partial charge is 0.0406 e. The van der Waals surface area contributed by atoms with Crippen molar-refractivity contribution in [2.24, 2.45) is 0 Å². The van der Waals surface area contributed by atoms with E-state index in [0.717, 1.165) is 10.8 Å². The van der Waals surface area contributed by atoms with Crippen molar-refractivity contribution in [2.75, 3.05) is 45.5 Å². The summed E-state index contributed by atoms with van der Waals surface area (Å²) in [5, 5.41) is 0.813. The molecular weight excluding hydrogens is 252 g/mol. The second-order valence-electron chi connectivity index (χ2n) is 4.45. The molecule has 2 nitrogen and oxygen atoms in total. The van der Waals surface area contributed by atoms with Crippen molar-refractivity contribution >= 4 is 23.4 Å². The number of hydrogen-bond acceptors (Lipinski definition) is 3. The van der Waals surface area contributed by atoms with Gasteiger partial charge in [-0.3, -0.25) is 4.90 Å². The van der Waals surface area contributed by atoms with Gasteiger partial charge in [-0.2, -0.15) is 0 Å². The second kappa shape index (κ2) is 6.64. The minimum Gasteiger partial charge on any atom is -0.304 e. The lowest BCUT2D eigenvalue weighted by Crippen LogP contribution is -2.45. The molecule has 0 N–H and O–H groups in total. The fourth-order valence-electron chi connectivity index (χ4n) is 1.89. The molecule has 1 saturated heterocycles. The maximum Gasteiger partial charge on any atom is 0.0406 e. The number of rotatable bonds is 4. The molecule has 0 aliphatic carbocycles. The largest absolute Gasteiger partial charge is 0.304 e. The van der Waals surface area contributed by atoms with Gasteiger partial charge in [0.1, 0.15) is 0 Å². The Bertz CT molecular complexity index is 334. The molecule has 0 bridgehead atoms. The summed E-state index contributed by atoms with van der Waals surface area (Å²) in [4.78, 5) is 6.25. The van der Waals surface area contributed by atoms with E-state index in [-0.39, 0.29) is 0 Å². The Balaban J connectivity index is 1.67. The van der Waals surface area contributed by atoms with Crippen molar-refractivity contribution in [3.63, 3.8) is 0 Å². The molecule has 2 rings (SSSR count). The van der Waals surface area contributed by atoms with Crippen LogP contribution < -0.4 is 0 Å². The molecule has 0 saturated carbocycles. The molecule has 0 aromatic heterocycles. The Hall–Kier alpha value is -0.220. The first kappa shape index (κ1) is 13.2. The molecule has 1 aromatic carbocycles. The summed E-state index contributed by atoms with van der Waals surface area (Å²) >= 11 is 7.77. The van der Waals surface area contributed by atoms with Crippen LogP contribution in [-0.4, -0.2) is 55.3 Å². The molecular formula is C13H19ClN2S. The van der Waals surface area contributed by atoms with Crippen LogP contribution in [0.2, 0.25) is 5.02 Å². The van der Waals surface area contributed by atoms with Crippen LogP contribution in [-0.2, 0) is 0 Å². The molecule has 17 heavy (non-hydrogen) atoms. The van der Waals surface area contributed by atoms with Gasteiger partial charge < -0.3 is 4.90 Å². The summed E-state index contributed by atoms with van der Waals surface area (Å²) < 4.78 is 0. The summed E-state index contributed by atoms with van der Waals surface area (Å²) in [5.41, 5.74) is 0. The van der Waals surface area contributed by atoms with E-state index in [4.69, 9.17) is 11.6 Å². The van der Waals surface area contributed by atoms with Gasteiger partial charge in [0, 0.05) is 48.4 Å². The molecule has 94 valence electrons. The average Bonchev–Trinajstić information content (AvgIpc) is 2.34. The van der Waals surface area contributed by atoms with Crippen molar-refractivity contribution in [3.05, 3.63) is 29.3 Å². The number of hydrogen-bond donors (Lipinski definition) is 0. The maximum absolute atomic E-state index is 5.86. The molecule has 1 aliphatic rings. The molecule has 0 unspecified atom stereocenters. The molecule has 4 heteroatoms. The molecule has 1 aromatic rings. The van der Waals surface area contributed by atoms with Crippen molar-refractivity contribution in [3.8, 4) is 0 Å². The summed E-state index contributed by atoms with van der Waals surface area (Å²) in [5.74, 6) is 1.16. The third kappa shape index (κ3) is 4.51. The van der Waals surface area contributed by atoms with Crippen LogP contribution in [0.15, 0.2) is 29.2 Å². The van der Waals surface area contributed by atoms with Crippen molar-refractivity contribution < 1.29 is 0 Å². The first-order valence-corrected chi connectivity index (χ1v) is 7.40. The topological polar surface area (TPSA) is 6.48 Å². The van der Waals surface area contributed by atoms with Crippen LogP contribution in [0.4, 0.5) is 0 Å². The van der Waals surface area contributed by atoms with Gasteiger partial charge in [-0.25, -0.2) is 0 Å². The Morgan fingerprint density at radius 1 is 1.12 bits per heavy atom. The van der Waals surface area contributed by atoms with Gasteiger partial charge in [0.25, 0.3) is 0 Å². The molecule has 0 spiro atoms. The predicted molar refractivity (Wildman–Crippen MR) is 76.1 cm³/mol. The van der Waals surface area contributed by atoms with Crippen LogP contribution >= 0.6 is 23.4 Å². The van der Waals surface area contributed by atoms with Gasteiger partial charge in [0.2, 0.25) is 0 Å². The number of piperazine rings is 1. The molecule has 1 fully saturated rings. The van der Waals surface area contributed by atoms with Crippen molar-refractivity contribution in [1.82, 2.24) is 9.80 Å². The Morgan fingerprint density at radius 3 is 2.41 bits per heavy atom. The predicted octanol–water partition coefficient (Wildman–Crippen LogP) is 2.68. The normalized spacial score (nSPS) is 18.5. The molecule has 0 radical (unpaired) electrons. The van der Waals surface area contributed by atoms with E-state index < -0.39 is 0 Å². The van der Waals surface area contributed by atoms with Crippen LogP contribution in [0.25, 0.3) is 0 Å². The quantitative estimate of drug-likeness (QED) is 0.777. The van der Waals surface area contributed by atoms with Gasteiger partial charge in [-0.15, -0.1) is 11.8 Å². The van der Waals surface area contributed by atoms with E-state index in [2.05, 4.69) is 29.0 Å². The van der Waals surface area contributed by atoms with Crippen LogP contribution in [0.1, 0.15) is 0 Å². The second-order valence-corrected chi connectivity index (χ2v) is 6.05. The highest BCUT2D eigenvalue weighted by Gasteiger charge is 2.12. The molecule has 1 heterocycles. The summed E-state index contributed by atoms with van der Waals surface area (Å²) in [6.45, 7) is 5.99. The zero-order valence-corrected chi connectivity index (χ0v) is 11.8. The summed E-state index contributed by atoms with van der Waals surface area (Å²) in [6.07, 6.45) is 0. The number of benzene rings is 1. The Labute approximate surface area is 113 Å². The van der Waals surface area contributed by atoms with E-state index >= 15 is 0 Å². The molecule has 1 aliphatic heterocycles. The summed E-state index contributed by atoms with van der Waals surface area (Å²) in [7, 11) is 2.19. The highest BCUT2D eigenvalue weighted by Crippen LogP contribution is 2.20. The van der Waals surface area contributed by atoms with Gasteiger partial charge in [0.15, 0.2) is 0 Å². The van der Waals surface area contributed by atoms with Crippen molar-refractivity contribution in [2.45, 2.75) is 4.90 Å². The fraction of sp³-hybridized carbons (Fsp3) is 0.538. The summed E-state index contributed by atoms with van der Waals surface area (Å²) in [6, 6.07) is 8.10. The van der Waals surface area contributed by atoms with E-state index in [1.807, 2.05) is 23.9 Å². The number of likely N-dealkylation sites (N-methyl/N-ethyl adjacent to an activating group) is 1. The van der Waals surface area contributed by atoms with Crippen LogP contribution in [0.5, 0.6) is 0 Å². The zero-order chi connectivity index (χ0) is 12.1. The highest BCUT2D eigenvalue weighted by molar-refractivity contribution is 7.99. The van der Waals surface area contributed by atoms with E-state index in [0.29, 0.717) is 0 Å². The third-order valence-electron chi connectivity index (χ3n) is 3.09. The third-order valence-corrected chi connectivity index (χ3v) is 4.33. The van der Waals surface area contributed by atoms with Gasteiger partial charge in [0.05, 0.1) is 0 Å². The first-order valence-electron chi connectivity index (χ1n) is 6.03. The zero-order valence-electron chi connectivity index (χ0n) is 10.2. The molecule has 0 atom stereocenters. The average molecular weight is 271 g/mol. The maximum atomic E-state index is 5.86. The van der Waals surface area contributed by atoms with Gasteiger partial charge in [-0.1, -0.05) is 11.6 Å². The standard InChI is InChI=1S/C13H19ClN2S/c1-15-6-8-16(9-7-15)10-11-17-13-4-2-12(14)3-5-13/h2-5H,6-11H2,1H3. The van der Waals surface area contributed by atoms with Crippen molar-refractivity contribution in [1.29, 1.82) is 0 Å². The lowest BCUT2D eigenvalue weighted by atomic mass is 10.3. The number of thioether (sulfide) groups is 1. The lowest BCUT2D eigenvalue weighted by molar-refractivity contribution is 0.161. The highest BCUT2D eigenvalue weighted by atomic mass is 35.5. The van der Waals surface area contributed by atoms with Gasteiger partial charge in [-0.05, 0) is 31.3 Å². The van der Waals surface area contributed by atoms with E-state index in [9.17, 15) is 0 Å². The Kier molecular flexibility index (Phi) is 5.16. The number of halogens is 1. The Morgan fingerprint density at radius 2 is 1.76 bits per heavy atom. The van der Waals surface area contributed by atoms with Crippen LogP contribution in [0, 0.1) is 0 Å². The molecule has 0 amide bonds. The van der Waals surface area contributed by atoms with Gasteiger partial charge >= 0.3 is 0 Å². The first-order chi connectivity index (χ1) is 8.24. The number of nitrogens with zero attached hydrogens (tertiary/aromatic N) is 2. The minimum absolute atomic E-state index is 0.813. The van der Waals surface area contributed by atoms with E-state index in [1.54, 1.807) is 0 Å². The lowest BCUT2D eigenvalue weighted by Gasteiger charge is -2.32. The fourth-order valence-corrected chi connectivity index (χ4v) is 2.93. The monoisotopic (exact) mass is 270 g/mol. The SMILES string of the molecule is CN1CCN(CCSc2ccc(Cl)cc2)CC1. The van der Waals surface area contributed by atoms with Crippen LogP contribution in [0.3, 0.4) is 0 Å². The van der Waals surface area contributed by atoms with E-state index in [1.165, 1.54) is 37.6 Å². The minimum atomic E-state index is 0.813.